The number of carbonyl (C=O) groups excluding carboxylic acids is 3. The van der Waals surface area contributed by atoms with Gasteiger partial charge in [-0.15, -0.1) is 0 Å². The topological polar surface area (TPSA) is 116 Å². The molecule has 0 atom stereocenters. The number of rotatable bonds is 6. The zero-order valence-corrected chi connectivity index (χ0v) is 19.4. The van der Waals surface area contributed by atoms with Crippen LogP contribution in [-0.4, -0.2) is 65.3 Å². The molecule has 3 heterocycles. The summed E-state index contributed by atoms with van der Waals surface area (Å²) in [6.45, 7) is 2.58. The Labute approximate surface area is 207 Å². The van der Waals surface area contributed by atoms with Crippen LogP contribution in [0.25, 0.3) is 11.8 Å². The molecule has 3 N–H and O–H groups in total. The van der Waals surface area contributed by atoms with Gasteiger partial charge in [-0.2, -0.15) is 0 Å². The van der Waals surface area contributed by atoms with Crippen molar-refractivity contribution in [3.63, 3.8) is 0 Å². The number of carbonyl (C=O) groups is 3. The predicted molar refractivity (Wildman–Crippen MR) is 134 cm³/mol. The average Bonchev–Trinajstić information content (AvgIpc) is 3.45. The normalized spacial score (nSPS) is 16.9. The molecule has 0 bridgehead atoms. The van der Waals surface area contributed by atoms with Gasteiger partial charge < -0.3 is 29.9 Å². The van der Waals surface area contributed by atoms with Crippen molar-refractivity contribution >= 4 is 35.3 Å². The largest absolute Gasteiger partial charge is 0.508 e. The predicted octanol–water partition coefficient (Wildman–Crippen LogP) is 2.55. The Bertz CT molecular complexity index is 1310. The minimum absolute atomic E-state index is 0.0707. The van der Waals surface area contributed by atoms with Crippen molar-refractivity contribution in [2.75, 3.05) is 43.1 Å². The molecule has 0 unspecified atom stereocenters. The highest BCUT2D eigenvalue weighted by molar-refractivity contribution is 6.15. The Morgan fingerprint density at radius 2 is 1.69 bits per heavy atom. The second-order valence-electron chi connectivity index (χ2n) is 8.39. The van der Waals surface area contributed by atoms with E-state index in [2.05, 4.69) is 15.5 Å². The van der Waals surface area contributed by atoms with Gasteiger partial charge in [0.2, 0.25) is 5.91 Å². The van der Waals surface area contributed by atoms with Crippen LogP contribution in [0, 0.1) is 0 Å². The molecule has 0 aliphatic carbocycles. The number of morpholine rings is 1. The molecule has 4 amide bonds. The first-order valence-electron chi connectivity index (χ1n) is 11.5. The van der Waals surface area contributed by atoms with Crippen LogP contribution in [0.1, 0.15) is 5.69 Å². The van der Waals surface area contributed by atoms with E-state index in [9.17, 15) is 19.5 Å². The number of aromatic hydroxyl groups is 1. The summed E-state index contributed by atoms with van der Waals surface area (Å²) in [4.78, 5) is 41.0. The number of anilines is 2. The molecule has 5 rings (SSSR count). The number of imide groups is 1. The van der Waals surface area contributed by atoms with Crippen LogP contribution >= 0.6 is 0 Å². The molecule has 10 heteroatoms. The van der Waals surface area contributed by atoms with Gasteiger partial charge in [0.25, 0.3) is 5.91 Å². The molecule has 0 radical (unpaired) electrons. The van der Waals surface area contributed by atoms with Crippen LogP contribution in [0.2, 0.25) is 0 Å². The van der Waals surface area contributed by atoms with Crippen molar-refractivity contribution in [1.82, 2.24) is 14.8 Å². The fraction of sp³-hybridized carbons (Fsp3) is 0.192. The molecule has 0 saturated carbocycles. The maximum Gasteiger partial charge on any atom is 0.329 e. The Morgan fingerprint density at radius 1 is 1.00 bits per heavy atom. The molecule has 0 spiro atoms. The highest BCUT2D eigenvalue weighted by Gasteiger charge is 2.35. The lowest BCUT2D eigenvalue weighted by Gasteiger charge is -2.28. The molecule has 2 fully saturated rings. The molecular weight excluding hydrogens is 462 g/mol. The second kappa shape index (κ2) is 9.96. The third-order valence-corrected chi connectivity index (χ3v) is 5.99. The van der Waals surface area contributed by atoms with E-state index in [1.165, 1.54) is 0 Å². The molecular formula is C26H25N5O5. The summed E-state index contributed by atoms with van der Waals surface area (Å²) in [5.74, 6) is -0.923. The molecule has 36 heavy (non-hydrogen) atoms. The molecule has 10 nitrogen and oxygen atoms in total. The summed E-state index contributed by atoms with van der Waals surface area (Å²) in [6.07, 6.45) is 3.35. The number of nitrogens with one attached hydrogen (secondary N) is 2. The van der Waals surface area contributed by atoms with Crippen molar-refractivity contribution in [3.05, 3.63) is 78.3 Å². The summed E-state index contributed by atoms with van der Waals surface area (Å²) in [6, 6.07) is 16.9. The van der Waals surface area contributed by atoms with E-state index in [1.54, 1.807) is 60.8 Å². The first-order chi connectivity index (χ1) is 17.5. The van der Waals surface area contributed by atoms with Gasteiger partial charge in [-0.05, 0) is 66.7 Å². The van der Waals surface area contributed by atoms with Gasteiger partial charge in [0.1, 0.15) is 18.0 Å². The summed E-state index contributed by atoms with van der Waals surface area (Å²) in [5.41, 5.74) is 3.11. The quantitative estimate of drug-likeness (QED) is 0.364. The third-order valence-electron chi connectivity index (χ3n) is 5.99. The Morgan fingerprint density at radius 3 is 2.42 bits per heavy atom. The van der Waals surface area contributed by atoms with Gasteiger partial charge in [0.15, 0.2) is 0 Å². The van der Waals surface area contributed by atoms with Crippen molar-refractivity contribution in [2.24, 2.45) is 0 Å². The van der Waals surface area contributed by atoms with Gasteiger partial charge in [0.05, 0.1) is 13.2 Å². The highest BCUT2D eigenvalue weighted by atomic mass is 16.5. The lowest BCUT2D eigenvalue weighted by molar-refractivity contribution is -0.127. The van der Waals surface area contributed by atoms with Crippen molar-refractivity contribution in [3.8, 4) is 11.4 Å². The van der Waals surface area contributed by atoms with Gasteiger partial charge in [-0.25, -0.2) is 9.69 Å². The number of hydrogen-bond acceptors (Lipinski definition) is 6. The number of nitrogens with zero attached hydrogens (tertiary/aromatic N) is 3. The molecule has 184 valence electrons. The first kappa shape index (κ1) is 23.2. The maximum absolute atomic E-state index is 12.9. The van der Waals surface area contributed by atoms with Crippen LogP contribution in [0.5, 0.6) is 5.75 Å². The number of amides is 4. The first-order valence-corrected chi connectivity index (χ1v) is 11.5. The number of ether oxygens (including phenoxy) is 1. The molecule has 2 aromatic carbocycles. The van der Waals surface area contributed by atoms with Crippen LogP contribution in [0.4, 0.5) is 16.2 Å². The van der Waals surface area contributed by atoms with E-state index in [-0.39, 0.29) is 11.4 Å². The highest BCUT2D eigenvalue weighted by Crippen LogP contribution is 2.21. The van der Waals surface area contributed by atoms with E-state index < -0.39 is 24.4 Å². The molecule has 3 aromatic rings. The fourth-order valence-electron chi connectivity index (χ4n) is 4.14. The van der Waals surface area contributed by atoms with E-state index in [4.69, 9.17) is 4.74 Å². The van der Waals surface area contributed by atoms with Crippen LogP contribution in [0.15, 0.2) is 72.6 Å². The summed E-state index contributed by atoms with van der Waals surface area (Å²) >= 11 is 0. The smallest absolute Gasteiger partial charge is 0.329 e. The van der Waals surface area contributed by atoms with Crippen molar-refractivity contribution < 1.29 is 24.2 Å². The summed E-state index contributed by atoms with van der Waals surface area (Å²) in [5, 5.41) is 14.8. The maximum atomic E-state index is 12.9. The lowest BCUT2D eigenvalue weighted by atomic mass is 10.2. The Kier molecular flexibility index (Phi) is 6.42. The van der Waals surface area contributed by atoms with Gasteiger partial charge >= 0.3 is 6.03 Å². The fourth-order valence-corrected chi connectivity index (χ4v) is 4.14. The van der Waals surface area contributed by atoms with Crippen molar-refractivity contribution in [1.29, 1.82) is 0 Å². The van der Waals surface area contributed by atoms with E-state index in [1.807, 2.05) is 16.7 Å². The summed E-state index contributed by atoms with van der Waals surface area (Å²) < 4.78 is 7.18. The van der Waals surface area contributed by atoms with E-state index in [0.29, 0.717) is 24.6 Å². The monoisotopic (exact) mass is 487 g/mol. The number of phenolic OH excluding ortho intramolecular Hbond substituents is 1. The minimum atomic E-state index is -0.660. The zero-order chi connectivity index (χ0) is 25.1. The van der Waals surface area contributed by atoms with Crippen LogP contribution < -0.4 is 15.5 Å². The van der Waals surface area contributed by atoms with Gasteiger partial charge in [-0.1, -0.05) is 0 Å². The molecule has 2 aliphatic heterocycles. The minimum Gasteiger partial charge on any atom is -0.508 e. The number of phenols is 1. The zero-order valence-electron chi connectivity index (χ0n) is 19.4. The standard InChI is InChI=1S/C26H25N5O5/c32-22-9-7-20(8-10-22)30-11-1-2-21(30)16-23-25(34)31(26(35)28-23)17-24(33)27-18-3-5-19(6-4-18)29-12-14-36-15-13-29/h1-11,16,32H,12-15,17H2,(H,27,33)(H,28,35)/b23-16-. The van der Waals surface area contributed by atoms with Crippen LogP contribution in [-0.2, 0) is 14.3 Å². The van der Waals surface area contributed by atoms with Gasteiger partial charge in [0, 0.05) is 42.0 Å². The van der Waals surface area contributed by atoms with Crippen LogP contribution in [0.3, 0.4) is 0 Å². The Hall–Kier alpha value is -4.57. The number of benzene rings is 2. The van der Waals surface area contributed by atoms with E-state index in [0.717, 1.165) is 29.4 Å². The van der Waals surface area contributed by atoms with E-state index >= 15 is 0 Å². The third kappa shape index (κ3) is 4.93. The number of hydrogen-bond donors (Lipinski definition) is 3. The molecule has 2 aliphatic rings. The SMILES string of the molecule is O=C(CN1C(=O)N/C(=C\c2cccn2-c2ccc(O)cc2)C1=O)Nc1ccc(N2CCOCC2)cc1. The number of urea groups is 1. The Balaban J connectivity index is 1.23. The molecule has 2 saturated heterocycles. The van der Waals surface area contributed by atoms with Gasteiger partial charge in [-0.3, -0.25) is 9.59 Å². The summed E-state index contributed by atoms with van der Waals surface area (Å²) in [7, 11) is 0. The lowest BCUT2D eigenvalue weighted by Crippen LogP contribution is -2.38. The second-order valence-corrected chi connectivity index (χ2v) is 8.39. The van der Waals surface area contributed by atoms with Crippen molar-refractivity contribution in [2.45, 2.75) is 0 Å². The molecule has 1 aromatic heterocycles. The average molecular weight is 488 g/mol. The number of aromatic nitrogens is 1.